The fourth-order valence-corrected chi connectivity index (χ4v) is 2.75. The Morgan fingerprint density at radius 1 is 1.16 bits per heavy atom. The van der Waals surface area contributed by atoms with Crippen molar-refractivity contribution in [1.29, 1.82) is 0 Å². The molecule has 4 nitrogen and oxygen atoms in total. The van der Waals surface area contributed by atoms with Crippen LogP contribution >= 0.6 is 0 Å². The third-order valence-corrected chi connectivity index (χ3v) is 4.06. The van der Waals surface area contributed by atoms with Crippen LogP contribution in [0.25, 0.3) is 22.5 Å². The molecule has 0 saturated carbocycles. The van der Waals surface area contributed by atoms with Gasteiger partial charge in [-0.15, -0.1) is 0 Å². The van der Waals surface area contributed by atoms with Crippen LogP contribution in [-0.4, -0.2) is 22.0 Å². The number of amides is 1. The summed E-state index contributed by atoms with van der Waals surface area (Å²) in [5.74, 6) is -0.322. The number of benzene rings is 2. The van der Waals surface area contributed by atoms with Gasteiger partial charge in [0.25, 0.3) is 0 Å². The largest absolute Gasteiger partial charge is 0.355 e. The molecule has 0 aliphatic heterocycles. The van der Waals surface area contributed by atoms with E-state index in [4.69, 9.17) is 0 Å². The Kier molecular flexibility index (Phi) is 4.93. The minimum Gasteiger partial charge on any atom is -0.355 e. The average Bonchev–Trinajstić information content (AvgIpc) is 3.02. The first-order chi connectivity index (χ1) is 12.1. The van der Waals surface area contributed by atoms with E-state index >= 15 is 0 Å². The minimum atomic E-state index is -0.244. The van der Waals surface area contributed by atoms with Crippen molar-refractivity contribution >= 4 is 5.91 Å². The molecule has 0 unspecified atom stereocenters. The number of nitrogens with one attached hydrogen (secondary N) is 1. The van der Waals surface area contributed by atoms with Crippen molar-refractivity contribution in [3.63, 3.8) is 0 Å². The maximum absolute atomic E-state index is 14.1. The summed E-state index contributed by atoms with van der Waals surface area (Å²) in [5, 5.41) is 2.78. The van der Waals surface area contributed by atoms with Gasteiger partial charge < -0.3 is 9.88 Å². The van der Waals surface area contributed by atoms with Gasteiger partial charge in [-0.3, -0.25) is 4.79 Å². The lowest BCUT2D eigenvalue weighted by atomic mass is 10.0. The molecule has 0 fully saturated rings. The Bertz CT molecular complexity index is 887. The molecule has 128 valence electrons. The number of imidazole rings is 1. The summed E-state index contributed by atoms with van der Waals surface area (Å²) in [6.07, 6.45) is 1.73. The highest BCUT2D eigenvalue weighted by molar-refractivity contribution is 5.78. The van der Waals surface area contributed by atoms with Crippen molar-refractivity contribution in [2.24, 2.45) is 0 Å². The zero-order chi connectivity index (χ0) is 17.8. The van der Waals surface area contributed by atoms with E-state index in [1.165, 1.54) is 13.0 Å². The van der Waals surface area contributed by atoms with E-state index in [1.807, 2.05) is 41.0 Å². The second-order valence-corrected chi connectivity index (χ2v) is 5.95. The molecule has 3 rings (SSSR count). The van der Waals surface area contributed by atoms with Crippen LogP contribution in [0.2, 0.25) is 0 Å². The maximum Gasteiger partial charge on any atom is 0.216 e. The molecule has 0 radical (unpaired) electrons. The SMILES string of the molecule is CC(=O)NCCn1cnc(-c2ccccc2)c1-c1ccc(C)c(F)c1. The second-order valence-electron chi connectivity index (χ2n) is 5.95. The monoisotopic (exact) mass is 337 g/mol. The van der Waals surface area contributed by atoms with Crippen molar-refractivity contribution in [2.45, 2.75) is 20.4 Å². The molecule has 1 amide bonds. The fraction of sp³-hybridized carbons (Fsp3) is 0.200. The second kappa shape index (κ2) is 7.30. The Morgan fingerprint density at radius 2 is 1.92 bits per heavy atom. The molecule has 0 aliphatic carbocycles. The summed E-state index contributed by atoms with van der Waals surface area (Å²) in [6.45, 7) is 4.27. The van der Waals surface area contributed by atoms with Crippen LogP contribution in [0.4, 0.5) is 4.39 Å². The molecule has 0 atom stereocenters. The molecule has 5 heteroatoms. The number of rotatable bonds is 5. The van der Waals surface area contributed by atoms with E-state index in [1.54, 1.807) is 19.3 Å². The smallest absolute Gasteiger partial charge is 0.216 e. The average molecular weight is 337 g/mol. The predicted molar refractivity (Wildman–Crippen MR) is 96.5 cm³/mol. The Balaban J connectivity index is 2.06. The quantitative estimate of drug-likeness (QED) is 0.770. The number of aromatic nitrogens is 2. The van der Waals surface area contributed by atoms with E-state index < -0.39 is 0 Å². The number of hydrogen-bond acceptors (Lipinski definition) is 2. The first kappa shape index (κ1) is 16.9. The van der Waals surface area contributed by atoms with Crippen LogP contribution in [0.15, 0.2) is 54.9 Å². The topological polar surface area (TPSA) is 46.9 Å². The van der Waals surface area contributed by atoms with Crippen molar-refractivity contribution in [3.05, 3.63) is 66.2 Å². The van der Waals surface area contributed by atoms with Gasteiger partial charge in [0.1, 0.15) is 5.82 Å². The Labute approximate surface area is 146 Å². The van der Waals surface area contributed by atoms with Gasteiger partial charge >= 0.3 is 0 Å². The van der Waals surface area contributed by atoms with Crippen LogP contribution in [0, 0.1) is 12.7 Å². The third kappa shape index (κ3) is 3.76. The summed E-state index contributed by atoms with van der Waals surface area (Å²) in [7, 11) is 0. The van der Waals surface area contributed by atoms with Crippen molar-refractivity contribution in [2.75, 3.05) is 6.54 Å². The molecule has 1 N–H and O–H groups in total. The first-order valence-electron chi connectivity index (χ1n) is 8.18. The third-order valence-electron chi connectivity index (χ3n) is 4.06. The summed E-state index contributed by atoms with van der Waals surface area (Å²) in [6, 6.07) is 15.0. The maximum atomic E-state index is 14.1. The van der Waals surface area contributed by atoms with E-state index in [2.05, 4.69) is 10.3 Å². The molecule has 1 aromatic heterocycles. The van der Waals surface area contributed by atoms with Crippen LogP contribution in [0.3, 0.4) is 0 Å². The van der Waals surface area contributed by atoms with Gasteiger partial charge in [-0.05, 0) is 18.6 Å². The van der Waals surface area contributed by atoms with Crippen molar-refractivity contribution in [3.8, 4) is 22.5 Å². The van der Waals surface area contributed by atoms with Crippen molar-refractivity contribution < 1.29 is 9.18 Å². The van der Waals surface area contributed by atoms with Gasteiger partial charge in [0.15, 0.2) is 0 Å². The predicted octanol–water partition coefficient (Wildman–Crippen LogP) is 3.80. The highest BCUT2D eigenvalue weighted by atomic mass is 19.1. The standard InChI is InChI=1S/C20H20FN3O/c1-14-8-9-17(12-18(14)21)20-19(16-6-4-3-5-7-16)23-13-24(20)11-10-22-15(2)25/h3-9,12-13H,10-11H2,1-2H3,(H,22,25). The normalized spacial score (nSPS) is 10.7. The lowest BCUT2D eigenvalue weighted by molar-refractivity contribution is -0.118. The summed E-state index contributed by atoms with van der Waals surface area (Å²) >= 11 is 0. The highest BCUT2D eigenvalue weighted by Gasteiger charge is 2.16. The molecule has 3 aromatic rings. The van der Waals surface area contributed by atoms with Gasteiger partial charge in [-0.1, -0.05) is 42.5 Å². The molecule has 2 aromatic carbocycles. The highest BCUT2D eigenvalue weighted by Crippen LogP contribution is 2.32. The molecule has 1 heterocycles. The van der Waals surface area contributed by atoms with E-state index in [-0.39, 0.29) is 11.7 Å². The van der Waals surface area contributed by atoms with Crippen LogP contribution in [0.5, 0.6) is 0 Å². The number of hydrogen-bond donors (Lipinski definition) is 1. The number of halogens is 1. The molecule has 25 heavy (non-hydrogen) atoms. The molecular weight excluding hydrogens is 317 g/mol. The van der Waals surface area contributed by atoms with E-state index in [0.717, 1.165) is 22.5 Å². The molecule has 0 bridgehead atoms. The summed E-state index contributed by atoms with van der Waals surface area (Å²) in [4.78, 5) is 15.7. The molecule has 0 saturated heterocycles. The Morgan fingerprint density at radius 3 is 2.60 bits per heavy atom. The number of carbonyl (C=O) groups excluding carboxylic acids is 1. The van der Waals surface area contributed by atoms with Crippen LogP contribution in [-0.2, 0) is 11.3 Å². The molecule has 0 spiro atoms. The molecular formula is C20H20FN3O. The van der Waals surface area contributed by atoms with Crippen LogP contribution in [0.1, 0.15) is 12.5 Å². The fourth-order valence-electron chi connectivity index (χ4n) is 2.75. The van der Waals surface area contributed by atoms with Gasteiger partial charge in [0.05, 0.1) is 17.7 Å². The van der Waals surface area contributed by atoms with E-state index in [0.29, 0.717) is 18.7 Å². The van der Waals surface area contributed by atoms with Gasteiger partial charge in [0.2, 0.25) is 5.91 Å². The lowest BCUT2D eigenvalue weighted by Gasteiger charge is -2.12. The van der Waals surface area contributed by atoms with Gasteiger partial charge in [0, 0.05) is 31.1 Å². The van der Waals surface area contributed by atoms with Crippen molar-refractivity contribution in [1.82, 2.24) is 14.9 Å². The van der Waals surface area contributed by atoms with Crippen LogP contribution < -0.4 is 5.32 Å². The minimum absolute atomic E-state index is 0.0775. The van der Waals surface area contributed by atoms with E-state index in [9.17, 15) is 9.18 Å². The summed E-state index contributed by atoms with van der Waals surface area (Å²) in [5.41, 5.74) is 3.98. The zero-order valence-electron chi connectivity index (χ0n) is 14.3. The number of nitrogens with zero attached hydrogens (tertiary/aromatic N) is 2. The zero-order valence-corrected chi connectivity index (χ0v) is 14.3. The first-order valence-corrected chi connectivity index (χ1v) is 8.18. The lowest BCUT2D eigenvalue weighted by Crippen LogP contribution is -2.24. The number of carbonyl (C=O) groups is 1. The van der Waals surface area contributed by atoms with Gasteiger partial charge in [-0.2, -0.15) is 0 Å². The summed E-state index contributed by atoms with van der Waals surface area (Å²) < 4.78 is 16.1. The number of aryl methyl sites for hydroxylation is 1. The Hall–Kier alpha value is -2.95. The molecule has 0 aliphatic rings. The van der Waals surface area contributed by atoms with Gasteiger partial charge in [-0.25, -0.2) is 9.37 Å².